The van der Waals surface area contributed by atoms with E-state index < -0.39 is 0 Å². The van der Waals surface area contributed by atoms with Crippen LogP contribution in [0.4, 0.5) is 0 Å². The van der Waals surface area contributed by atoms with Gasteiger partial charge < -0.3 is 5.32 Å². The Bertz CT molecular complexity index is 261. The van der Waals surface area contributed by atoms with Crippen LogP contribution in [0.3, 0.4) is 0 Å². The minimum absolute atomic E-state index is 0.663. The minimum atomic E-state index is 0.663. The van der Waals surface area contributed by atoms with Gasteiger partial charge in [-0.2, -0.15) is 0 Å². The molecule has 1 nitrogen and oxygen atoms in total. The van der Waals surface area contributed by atoms with Crippen LogP contribution in [0.15, 0.2) is 12.1 Å². The number of hydrogen-bond acceptors (Lipinski definition) is 2. The van der Waals surface area contributed by atoms with Crippen LogP contribution < -0.4 is 5.32 Å². The van der Waals surface area contributed by atoms with Crippen molar-refractivity contribution in [2.75, 3.05) is 6.54 Å². The Kier molecular flexibility index (Phi) is 3.01. The summed E-state index contributed by atoms with van der Waals surface area (Å²) in [5.41, 5.74) is 0. The Hall–Kier alpha value is -0.340. The van der Waals surface area contributed by atoms with Gasteiger partial charge in [0.15, 0.2) is 0 Å². The molecular formula is C11H17NS. The number of rotatable bonds is 3. The molecule has 1 atom stereocenters. The highest BCUT2D eigenvalue weighted by molar-refractivity contribution is 7.12. The predicted octanol–water partition coefficient (Wildman–Crippen LogP) is 3.13. The van der Waals surface area contributed by atoms with Crippen LogP contribution in [-0.2, 0) is 6.42 Å². The zero-order valence-corrected chi connectivity index (χ0v) is 8.99. The lowest BCUT2D eigenvalue weighted by molar-refractivity contribution is 0.660. The molecule has 0 aromatic carbocycles. The fourth-order valence-corrected chi connectivity index (χ4v) is 3.11. The van der Waals surface area contributed by atoms with Crippen LogP contribution in [0.2, 0.25) is 0 Å². The maximum atomic E-state index is 3.54. The molecule has 1 aromatic rings. The topological polar surface area (TPSA) is 12.0 Å². The van der Waals surface area contributed by atoms with Crippen molar-refractivity contribution < 1.29 is 0 Å². The molecule has 2 heterocycles. The summed E-state index contributed by atoms with van der Waals surface area (Å²) in [5, 5.41) is 3.54. The van der Waals surface area contributed by atoms with Gasteiger partial charge in [0.1, 0.15) is 0 Å². The van der Waals surface area contributed by atoms with Crippen molar-refractivity contribution in [3.8, 4) is 0 Å². The van der Waals surface area contributed by atoms with Crippen molar-refractivity contribution >= 4 is 11.3 Å². The second kappa shape index (κ2) is 4.25. The molecule has 72 valence electrons. The summed E-state index contributed by atoms with van der Waals surface area (Å²) in [6.45, 7) is 3.44. The SMILES string of the molecule is CCCc1ccc(C2CCCN2)s1. The zero-order valence-electron chi connectivity index (χ0n) is 8.18. The van der Waals surface area contributed by atoms with E-state index in [9.17, 15) is 0 Å². The van der Waals surface area contributed by atoms with Crippen molar-refractivity contribution in [1.29, 1.82) is 0 Å². The maximum Gasteiger partial charge on any atom is 0.0415 e. The van der Waals surface area contributed by atoms with Crippen LogP contribution in [0.5, 0.6) is 0 Å². The van der Waals surface area contributed by atoms with Crippen molar-refractivity contribution in [2.24, 2.45) is 0 Å². The summed E-state index contributed by atoms with van der Waals surface area (Å²) < 4.78 is 0. The Morgan fingerprint density at radius 3 is 3.15 bits per heavy atom. The molecule has 0 spiro atoms. The molecule has 2 heteroatoms. The van der Waals surface area contributed by atoms with Gasteiger partial charge in [0.2, 0.25) is 0 Å². The van der Waals surface area contributed by atoms with Gasteiger partial charge in [-0.3, -0.25) is 0 Å². The highest BCUT2D eigenvalue weighted by Gasteiger charge is 2.17. The molecule has 13 heavy (non-hydrogen) atoms. The Morgan fingerprint density at radius 2 is 2.46 bits per heavy atom. The normalized spacial score (nSPS) is 22.4. The van der Waals surface area contributed by atoms with E-state index >= 15 is 0 Å². The van der Waals surface area contributed by atoms with Crippen molar-refractivity contribution in [2.45, 2.75) is 38.6 Å². The summed E-state index contributed by atoms with van der Waals surface area (Å²) in [5.74, 6) is 0. The molecule has 1 aliphatic rings. The highest BCUT2D eigenvalue weighted by atomic mass is 32.1. The van der Waals surface area contributed by atoms with Gasteiger partial charge in [-0.05, 0) is 37.9 Å². The largest absolute Gasteiger partial charge is 0.309 e. The summed E-state index contributed by atoms with van der Waals surface area (Å²) in [7, 11) is 0. The molecule has 1 fully saturated rings. The fraction of sp³-hybridized carbons (Fsp3) is 0.636. The Morgan fingerprint density at radius 1 is 1.54 bits per heavy atom. The van der Waals surface area contributed by atoms with Gasteiger partial charge >= 0.3 is 0 Å². The second-order valence-electron chi connectivity index (χ2n) is 3.70. The Balaban J connectivity index is 2.03. The fourth-order valence-electron chi connectivity index (χ4n) is 1.89. The molecule has 0 radical (unpaired) electrons. The average Bonchev–Trinajstić information content (AvgIpc) is 2.70. The van der Waals surface area contributed by atoms with E-state index in [1.54, 1.807) is 9.75 Å². The summed E-state index contributed by atoms with van der Waals surface area (Å²) >= 11 is 1.99. The van der Waals surface area contributed by atoms with Gasteiger partial charge in [-0.25, -0.2) is 0 Å². The van der Waals surface area contributed by atoms with E-state index in [0.717, 1.165) is 0 Å². The molecule has 0 bridgehead atoms. The first-order chi connectivity index (χ1) is 6.40. The summed E-state index contributed by atoms with van der Waals surface area (Å²) in [4.78, 5) is 3.09. The summed E-state index contributed by atoms with van der Waals surface area (Å²) in [6, 6.07) is 5.26. The van der Waals surface area contributed by atoms with Crippen LogP contribution in [0.1, 0.15) is 42.0 Å². The van der Waals surface area contributed by atoms with Crippen LogP contribution >= 0.6 is 11.3 Å². The second-order valence-corrected chi connectivity index (χ2v) is 4.90. The lowest BCUT2D eigenvalue weighted by atomic mass is 10.2. The molecule has 0 saturated carbocycles. The molecular weight excluding hydrogens is 178 g/mol. The highest BCUT2D eigenvalue weighted by Crippen LogP contribution is 2.29. The number of thiophene rings is 1. The Labute approximate surface area is 84.2 Å². The maximum absolute atomic E-state index is 3.54. The van der Waals surface area contributed by atoms with Crippen molar-refractivity contribution in [1.82, 2.24) is 5.32 Å². The van der Waals surface area contributed by atoms with E-state index in [-0.39, 0.29) is 0 Å². The quantitative estimate of drug-likeness (QED) is 0.781. The predicted molar refractivity (Wildman–Crippen MR) is 58.3 cm³/mol. The number of hydrogen-bond donors (Lipinski definition) is 1. The van der Waals surface area contributed by atoms with Gasteiger partial charge in [-0.1, -0.05) is 13.3 Å². The molecule has 1 aromatic heterocycles. The number of nitrogens with one attached hydrogen (secondary N) is 1. The van der Waals surface area contributed by atoms with E-state index in [0.29, 0.717) is 6.04 Å². The third kappa shape index (κ3) is 2.12. The van der Waals surface area contributed by atoms with Gasteiger partial charge in [0.25, 0.3) is 0 Å². The molecule has 0 aliphatic carbocycles. The molecule has 0 amide bonds. The molecule has 1 saturated heterocycles. The third-order valence-electron chi connectivity index (χ3n) is 2.58. The molecule has 1 unspecified atom stereocenters. The van der Waals surface area contributed by atoms with E-state index in [4.69, 9.17) is 0 Å². The third-order valence-corrected chi connectivity index (χ3v) is 3.84. The molecule has 2 rings (SSSR count). The first-order valence-electron chi connectivity index (χ1n) is 5.22. The zero-order chi connectivity index (χ0) is 9.10. The first-order valence-corrected chi connectivity index (χ1v) is 6.04. The molecule has 1 N–H and O–H groups in total. The first kappa shape index (κ1) is 9.22. The van der Waals surface area contributed by atoms with E-state index in [2.05, 4.69) is 24.4 Å². The molecule has 1 aliphatic heterocycles. The lowest BCUT2D eigenvalue weighted by Crippen LogP contribution is -2.11. The van der Waals surface area contributed by atoms with Gasteiger partial charge in [0, 0.05) is 15.8 Å². The van der Waals surface area contributed by atoms with E-state index in [1.165, 1.54) is 32.2 Å². The van der Waals surface area contributed by atoms with Crippen LogP contribution in [-0.4, -0.2) is 6.54 Å². The summed E-state index contributed by atoms with van der Waals surface area (Å²) in [6.07, 6.45) is 5.17. The average molecular weight is 195 g/mol. The minimum Gasteiger partial charge on any atom is -0.309 e. The van der Waals surface area contributed by atoms with Crippen molar-refractivity contribution in [3.05, 3.63) is 21.9 Å². The smallest absolute Gasteiger partial charge is 0.0415 e. The monoisotopic (exact) mass is 195 g/mol. The van der Waals surface area contributed by atoms with Crippen LogP contribution in [0.25, 0.3) is 0 Å². The van der Waals surface area contributed by atoms with Gasteiger partial charge in [-0.15, -0.1) is 11.3 Å². The van der Waals surface area contributed by atoms with Crippen LogP contribution in [0, 0.1) is 0 Å². The number of aryl methyl sites for hydroxylation is 1. The standard InChI is InChI=1S/C11H17NS/c1-2-4-9-6-7-11(13-9)10-5-3-8-12-10/h6-7,10,12H,2-5,8H2,1H3. The van der Waals surface area contributed by atoms with Gasteiger partial charge in [0.05, 0.1) is 0 Å². The van der Waals surface area contributed by atoms with Crippen molar-refractivity contribution in [3.63, 3.8) is 0 Å². The van der Waals surface area contributed by atoms with E-state index in [1.807, 2.05) is 11.3 Å². The lowest BCUT2D eigenvalue weighted by Gasteiger charge is -2.05.